The molecule has 0 saturated carbocycles. The number of nitrogens with one attached hydrogen (secondary N) is 2. The summed E-state index contributed by atoms with van der Waals surface area (Å²) in [4.78, 5) is 47.8. The molecule has 30 heavy (non-hydrogen) atoms. The second-order valence-corrected chi connectivity index (χ2v) is 7.48. The van der Waals surface area contributed by atoms with Gasteiger partial charge in [0.15, 0.2) is 0 Å². The lowest BCUT2D eigenvalue weighted by Crippen LogP contribution is -2.31. The Morgan fingerprint density at radius 1 is 1.00 bits per heavy atom. The second kappa shape index (κ2) is 6.55. The number of imide groups is 1. The van der Waals surface area contributed by atoms with Crippen molar-refractivity contribution in [2.45, 2.75) is 26.2 Å². The van der Waals surface area contributed by atoms with Crippen LogP contribution in [0.2, 0.25) is 0 Å². The summed E-state index contributed by atoms with van der Waals surface area (Å²) in [5, 5.41) is 3.00. The number of carbonyl (C=O) groups is 2. The van der Waals surface area contributed by atoms with Crippen molar-refractivity contribution in [3.63, 3.8) is 0 Å². The maximum absolute atomic E-state index is 13.2. The molecule has 1 saturated heterocycles. The number of aromatic amines is 2. The van der Waals surface area contributed by atoms with Crippen molar-refractivity contribution in [3.8, 4) is 5.95 Å². The highest BCUT2D eigenvalue weighted by molar-refractivity contribution is 6.23. The molecule has 1 fully saturated rings. The molecule has 2 N–H and O–H groups in total. The number of para-hydroxylation sites is 3. The average Bonchev–Trinajstić information content (AvgIpc) is 3.36. The normalized spacial score (nSPS) is 16.7. The minimum absolute atomic E-state index is 0.0404. The molecular formula is C22H19N5O3. The summed E-state index contributed by atoms with van der Waals surface area (Å²) in [6, 6.07) is 14.7. The van der Waals surface area contributed by atoms with Crippen molar-refractivity contribution in [1.29, 1.82) is 0 Å². The van der Waals surface area contributed by atoms with Crippen molar-refractivity contribution in [2.75, 3.05) is 4.90 Å². The monoisotopic (exact) mass is 401 g/mol. The number of amides is 2. The minimum atomic E-state index is -0.827. The van der Waals surface area contributed by atoms with Crippen LogP contribution in [0.15, 0.2) is 53.3 Å². The lowest BCUT2D eigenvalue weighted by atomic mass is 9.98. The van der Waals surface area contributed by atoms with Gasteiger partial charge in [0.1, 0.15) is 0 Å². The molecule has 2 aromatic carbocycles. The SMILES string of the molecule is Cc1ccccc1N1C(=O)C[C@@H](c2c(C)[nH]n(-c3nc4ccccc4[nH]3)c2=O)C1=O. The highest BCUT2D eigenvalue weighted by atomic mass is 16.2. The molecule has 1 aliphatic rings. The van der Waals surface area contributed by atoms with Crippen molar-refractivity contribution in [1.82, 2.24) is 19.7 Å². The van der Waals surface area contributed by atoms with E-state index in [1.807, 2.05) is 43.3 Å². The zero-order chi connectivity index (χ0) is 21.0. The molecule has 0 aliphatic carbocycles. The fourth-order valence-corrected chi connectivity index (χ4v) is 4.09. The molecule has 2 aromatic heterocycles. The van der Waals surface area contributed by atoms with Crippen LogP contribution >= 0.6 is 0 Å². The van der Waals surface area contributed by atoms with Crippen LogP contribution < -0.4 is 10.5 Å². The molecule has 0 unspecified atom stereocenters. The van der Waals surface area contributed by atoms with E-state index in [0.29, 0.717) is 22.9 Å². The lowest BCUT2D eigenvalue weighted by molar-refractivity contribution is -0.121. The molecule has 1 aliphatic heterocycles. The van der Waals surface area contributed by atoms with Crippen LogP contribution in [0.1, 0.15) is 29.2 Å². The molecule has 5 rings (SSSR count). The number of carbonyl (C=O) groups excluding carboxylic acids is 2. The lowest BCUT2D eigenvalue weighted by Gasteiger charge is -2.17. The van der Waals surface area contributed by atoms with Crippen molar-refractivity contribution >= 4 is 28.5 Å². The van der Waals surface area contributed by atoms with Gasteiger partial charge in [-0.1, -0.05) is 30.3 Å². The van der Waals surface area contributed by atoms with Gasteiger partial charge in [-0.25, -0.2) is 9.88 Å². The van der Waals surface area contributed by atoms with Crippen LogP contribution in [0.3, 0.4) is 0 Å². The van der Waals surface area contributed by atoms with Crippen LogP contribution in [0, 0.1) is 13.8 Å². The standard InChI is InChI=1S/C22H19N5O3/c1-12-7-3-6-10-17(12)26-18(28)11-14(20(26)29)19-13(2)25-27(21(19)30)22-23-15-8-4-5-9-16(15)24-22/h3-10,14,25H,11H2,1-2H3,(H,23,24)/t14-/m0/s1. The Balaban J connectivity index is 1.57. The summed E-state index contributed by atoms with van der Waals surface area (Å²) in [6.07, 6.45) is -0.0404. The predicted octanol–water partition coefficient (Wildman–Crippen LogP) is 2.71. The summed E-state index contributed by atoms with van der Waals surface area (Å²) in [5.41, 5.74) is 3.36. The Bertz CT molecular complexity index is 1340. The topological polar surface area (TPSA) is 104 Å². The number of benzene rings is 2. The zero-order valence-corrected chi connectivity index (χ0v) is 16.5. The van der Waals surface area contributed by atoms with Gasteiger partial charge >= 0.3 is 0 Å². The van der Waals surface area contributed by atoms with Crippen LogP contribution in [0.4, 0.5) is 5.69 Å². The first-order chi connectivity index (χ1) is 14.5. The number of hydrogen-bond donors (Lipinski definition) is 2. The third-order valence-electron chi connectivity index (χ3n) is 5.56. The summed E-state index contributed by atoms with van der Waals surface area (Å²) in [6.45, 7) is 3.57. The van der Waals surface area contributed by atoms with E-state index in [0.717, 1.165) is 16.6 Å². The first-order valence-electron chi connectivity index (χ1n) is 9.65. The summed E-state index contributed by atoms with van der Waals surface area (Å²) >= 11 is 0. The number of fused-ring (bicyclic) bond motifs is 1. The van der Waals surface area contributed by atoms with E-state index in [-0.39, 0.29) is 23.8 Å². The van der Waals surface area contributed by atoms with Gasteiger partial charge in [0.05, 0.1) is 28.2 Å². The molecule has 0 bridgehead atoms. The molecule has 4 aromatic rings. The average molecular weight is 401 g/mol. The predicted molar refractivity (Wildman–Crippen MR) is 112 cm³/mol. The molecule has 8 nitrogen and oxygen atoms in total. The van der Waals surface area contributed by atoms with Crippen molar-refractivity contribution in [3.05, 3.63) is 75.7 Å². The number of aryl methyl sites for hydroxylation is 2. The van der Waals surface area contributed by atoms with Crippen LogP contribution in [0.5, 0.6) is 0 Å². The highest BCUT2D eigenvalue weighted by Crippen LogP contribution is 2.34. The van der Waals surface area contributed by atoms with Gasteiger partial charge in [-0.2, -0.15) is 4.68 Å². The van der Waals surface area contributed by atoms with Gasteiger partial charge < -0.3 is 4.98 Å². The molecule has 2 amide bonds. The Hall–Kier alpha value is -3.94. The molecule has 150 valence electrons. The zero-order valence-electron chi connectivity index (χ0n) is 16.5. The smallest absolute Gasteiger partial charge is 0.278 e. The number of hydrogen-bond acceptors (Lipinski definition) is 4. The van der Waals surface area contributed by atoms with Crippen LogP contribution in [-0.4, -0.2) is 31.6 Å². The van der Waals surface area contributed by atoms with Crippen LogP contribution in [0.25, 0.3) is 17.0 Å². The van der Waals surface area contributed by atoms with Gasteiger partial charge in [-0.15, -0.1) is 0 Å². The number of imidazole rings is 1. The summed E-state index contributed by atoms with van der Waals surface area (Å²) < 4.78 is 1.29. The number of rotatable bonds is 3. The van der Waals surface area contributed by atoms with E-state index in [1.165, 1.54) is 9.58 Å². The molecule has 0 radical (unpaired) electrons. The van der Waals surface area contributed by atoms with Gasteiger partial charge in [0, 0.05) is 12.1 Å². The fourth-order valence-electron chi connectivity index (χ4n) is 4.09. The number of anilines is 1. The Labute approximate surface area is 171 Å². The van der Waals surface area contributed by atoms with E-state index in [2.05, 4.69) is 15.1 Å². The van der Waals surface area contributed by atoms with Gasteiger partial charge in [-0.05, 0) is 37.6 Å². The Kier molecular flexibility index (Phi) is 3.95. The summed E-state index contributed by atoms with van der Waals surface area (Å²) in [5.74, 6) is -1.19. The first kappa shape index (κ1) is 18.1. The highest BCUT2D eigenvalue weighted by Gasteiger charge is 2.43. The third kappa shape index (κ3) is 2.61. The maximum Gasteiger partial charge on any atom is 0.278 e. The fraction of sp³-hybridized carbons (Fsp3) is 0.182. The maximum atomic E-state index is 13.2. The van der Waals surface area contributed by atoms with Crippen molar-refractivity contribution < 1.29 is 9.59 Å². The van der Waals surface area contributed by atoms with Gasteiger partial charge in [0.25, 0.3) is 5.56 Å². The summed E-state index contributed by atoms with van der Waals surface area (Å²) in [7, 11) is 0. The number of aromatic nitrogens is 4. The largest absolute Gasteiger partial charge is 0.322 e. The number of H-pyrrole nitrogens is 2. The minimum Gasteiger partial charge on any atom is -0.322 e. The van der Waals surface area contributed by atoms with E-state index in [1.54, 1.807) is 19.1 Å². The molecular weight excluding hydrogens is 382 g/mol. The second-order valence-electron chi connectivity index (χ2n) is 7.48. The Morgan fingerprint density at radius 2 is 1.73 bits per heavy atom. The van der Waals surface area contributed by atoms with Gasteiger partial charge in [-0.3, -0.25) is 19.5 Å². The van der Waals surface area contributed by atoms with E-state index < -0.39 is 5.92 Å². The first-order valence-corrected chi connectivity index (χ1v) is 9.65. The molecule has 3 heterocycles. The van der Waals surface area contributed by atoms with Crippen LogP contribution in [-0.2, 0) is 9.59 Å². The third-order valence-corrected chi connectivity index (χ3v) is 5.56. The van der Waals surface area contributed by atoms with E-state index in [9.17, 15) is 14.4 Å². The van der Waals surface area contributed by atoms with E-state index in [4.69, 9.17) is 0 Å². The quantitative estimate of drug-likeness (QED) is 0.515. The number of nitrogens with zero attached hydrogens (tertiary/aromatic N) is 3. The molecule has 1 atom stereocenters. The Morgan fingerprint density at radius 3 is 2.50 bits per heavy atom. The molecule has 0 spiro atoms. The van der Waals surface area contributed by atoms with E-state index >= 15 is 0 Å². The molecule has 8 heteroatoms. The van der Waals surface area contributed by atoms with Crippen molar-refractivity contribution in [2.24, 2.45) is 0 Å². The van der Waals surface area contributed by atoms with Gasteiger partial charge in [0.2, 0.25) is 17.8 Å².